The summed E-state index contributed by atoms with van der Waals surface area (Å²) < 4.78 is 0. The highest BCUT2D eigenvalue weighted by Crippen LogP contribution is 2.38. The van der Waals surface area contributed by atoms with Crippen molar-refractivity contribution in [3.63, 3.8) is 0 Å². The molecule has 0 amide bonds. The fourth-order valence-corrected chi connectivity index (χ4v) is 3.21. The van der Waals surface area contributed by atoms with Gasteiger partial charge in [0.1, 0.15) is 0 Å². The maximum absolute atomic E-state index is 5.77. The second kappa shape index (κ2) is 6.39. The van der Waals surface area contributed by atoms with Gasteiger partial charge in [-0.3, -0.25) is 11.3 Å². The molecule has 0 aromatic heterocycles. The molecule has 0 radical (unpaired) electrons. The van der Waals surface area contributed by atoms with E-state index in [2.05, 4.69) is 43.2 Å². The van der Waals surface area contributed by atoms with Crippen molar-refractivity contribution < 1.29 is 0 Å². The van der Waals surface area contributed by atoms with Crippen LogP contribution in [0.4, 0.5) is 0 Å². The number of likely N-dealkylation sites (N-methyl/N-ethyl adjacent to an activating group) is 1. The molecule has 3 nitrogen and oxygen atoms in total. The first-order valence-electron chi connectivity index (χ1n) is 6.60. The molecule has 0 bridgehead atoms. The first kappa shape index (κ1) is 14.5. The van der Waals surface area contributed by atoms with E-state index >= 15 is 0 Å². The third kappa shape index (κ3) is 3.22. The van der Waals surface area contributed by atoms with Crippen LogP contribution in [0.3, 0.4) is 0 Å². The van der Waals surface area contributed by atoms with Crippen molar-refractivity contribution in [3.05, 3.63) is 0 Å². The highest BCUT2D eigenvalue weighted by Gasteiger charge is 2.42. The van der Waals surface area contributed by atoms with Gasteiger partial charge in [0.25, 0.3) is 0 Å². The molecule has 1 aliphatic carbocycles. The lowest BCUT2D eigenvalue weighted by Crippen LogP contribution is -2.62. The van der Waals surface area contributed by atoms with E-state index in [-0.39, 0.29) is 11.6 Å². The molecule has 1 fully saturated rings. The van der Waals surface area contributed by atoms with Gasteiger partial charge in [-0.2, -0.15) is 0 Å². The number of nitrogens with zero attached hydrogens (tertiary/aromatic N) is 1. The summed E-state index contributed by atoms with van der Waals surface area (Å²) in [7, 11) is 4.34. The Balaban J connectivity index is 2.90. The van der Waals surface area contributed by atoms with Gasteiger partial charge in [0.2, 0.25) is 0 Å². The molecule has 3 unspecified atom stereocenters. The molecular weight excluding hydrogens is 210 g/mol. The zero-order valence-electron chi connectivity index (χ0n) is 11.7. The topological polar surface area (TPSA) is 41.3 Å². The van der Waals surface area contributed by atoms with Crippen molar-refractivity contribution in [2.75, 3.05) is 14.1 Å². The Labute approximate surface area is 106 Å². The SMILES string of the molecule is CC#CCC(NN)C1(N(C)C)CCCC(C)C1. The third-order valence-electron chi connectivity index (χ3n) is 4.23. The van der Waals surface area contributed by atoms with Gasteiger partial charge in [0.15, 0.2) is 0 Å². The molecule has 3 atom stereocenters. The molecule has 0 aromatic carbocycles. The minimum atomic E-state index is 0.163. The summed E-state index contributed by atoms with van der Waals surface area (Å²) in [5, 5.41) is 0. The molecule has 1 aliphatic rings. The Morgan fingerprint density at radius 1 is 1.53 bits per heavy atom. The van der Waals surface area contributed by atoms with Crippen LogP contribution in [0.15, 0.2) is 0 Å². The lowest BCUT2D eigenvalue weighted by atomic mass is 9.70. The van der Waals surface area contributed by atoms with Gasteiger partial charge in [-0.05, 0) is 39.8 Å². The van der Waals surface area contributed by atoms with E-state index in [1.807, 2.05) is 6.92 Å². The van der Waals surface area contributed by atoms with Crippen LogP contribution in [0.5, 0.6) is 0 Å². The van der Waals surface area contributed by atoms with Gasteiger partial charge in [0, 0.05) is 12.0 Å². The molecule has 1 saturated carbocycles. The Bertz CT molecular complexity index is 290. The fourth-order valence-electron chi connectivity index (χ4n) is 3.21. The molecular formula is C14H27N3. The fraction of sp³-hybridized carbons (Fsp3) is 0.857. The highest BCUT2D eigenvalue weighted by atomic mass is 15.3. The highest BCUT2D eigenvalue weighted by molar-refractivity contribution is 5.08. The number of nitrogens with one attached hydrogen (secondary N) is 1. The van der Waals surface area contributed by atoms with Crippen molar-refractivity contribution in [1.82, 2.24) is 10.3 Å². The van der Waals surface area contributed by atoms with Gasteiger partial charge in [-0.25, -0.2) is 0 Å². The minimum absolute atomic E-state index is 0.163. The van der Waals surface area contributed by atoms with Crippen LogP contribution in [0.1, 0.15) is 46.0 Å². The zero-order valence-corrected chi connectivity index (χ0v) is 11.7. The molecule has 98 valence electrons. The van der Waals surface area contributed by atoms with E-state index in [9.17, 15) is 0 Å². The summed E-state index contributed by atoms with van der Waals surface area (Å²) in [5.74, 6) is 12.7. The van der Waals surface area contributed by atoms with E-state index < -0.39 is 0 Å². The summed E-state index contributed by atoms with van der Waals surface area (Å²) in [5.41, 5.74) is 3.17. The van der Waals surface area contributed by atoms with Crippen molar-refractivity contribution in [2.45, 2.75) is 57.5 Å². The van der Waals surface area contributed by atoms with Crippen LogP contribution in [-0.2, 0) is 0 Å². The Morgan fingerprint density at radius 2 is 2.24 bits per heavy atom. The Hall–Kier alpha value is -0.560. The number of hydrogen-bond donors (Lipinski definition) is 2. The molecule has 3 N–H and O–H groups in total. The van der Waals surface area contributed by atoms with Gasteiger partial charge < -0.3 is 4.90 Å². The molecule has 3 heteroatoms. The van der Waals surface area contributed by atoms with Crippen molar-refractivity contribution in [3.8, 4) is 11.8 Å². The number of rotatable bonds is 4. The number of hydrogen-bond acceptors (Lipinski definition) is 3. The first-order valence-corrected chi connectivity index (χ1v) is 6.60. The monoisotopic (exact) mass is 237 g/mol. The summed E-state index contributed by atoms with van der Waals surface area (Å²) in [6.45, 7) is 4.23. The van der Waals surface area contributed by atoms with Crippen LogP contribution in [0.25, 0.3) is 0 Å². The minimum Gasteiger partial charge on any atom is -0.302 e. The maximum atomic E-state index is 5.77. The molecule has 0 aliphatic heterocycles. The Morgan fingerprint density at radius 3 is 2.71 bits per heavy atom. The quantitative estimate of drug-likeness (QED) is 0.444. The number of hydrazine groups is 1. The van der Waals surface area contributed by atoms with Gasteiger partial charge >= 0.3 is 0 Å². The molecule has 0 spiro atoms. The van der Waals surface area contributed by atoms with Crippen LogP contribution >= 0.6 is 0 Å². The first-order chi connectivity index (χ1) is 8.06. The van der Waals surface area contributed by atoms with E-state index in [4.69, 9.17) is 5.84 Å². The van der Waals surface area contributed by atoms with Crippen LogP contribution in [0.2, 0.25) is 0 Å². The lowest BCUT2D eigenvalue weighted by Gasteiger charge is -2.49. The normalized spacial score (nSPS) is 30.8. The standard InChI is InChI=1S/C14H27N3/c1-5-6-9-13(16-15)14(17(3)4)10-7-8-12(2)11-14/h12-13,16H,7-11,15H2,1-4H3. The molecule has 0 heterocycles. The molecule has 17 heavy (non-hydrogen) atoms. The zero-order chi connectivity index (χ0) is 12.9. The molecule has 1 rings (SSSR count). The Kier molecular flexibility index (Phi) is 5.45. The van der Waals surface area contributed by atoms with Crippen molar-refractivity contribution in [1.29, 1.82) is 0 Å². The predicted octanol–water partition coefficient (Wildman–Crippen LogP) is 1.74. The summed E-state index contributed by atoms with van der Waals surface area (Å²) >= 11 is 0. The van der Waals surface area contributed by atoms with E-state index in [1.165, 1.54) is 25.7 Å². The maximum Gasteiger partial charge on any atom is 0.0503 e. The molecule has 0 aromatic rings. The summed E-state index contributed by atoms with van der Waals surface area (Å²) in [6, 6.07) is 0.257. The van der Waals surface area contributed by atoms with Gasteiger partial charge in [-0.1, -0.05) is 19.8 Å². The number of nitrogens with two attached hydrogens (primary N) is 1. The second-order valence-corrected chi connectivity index (χ2v) is 5.55. The van der Waals surface area contributed by atoms with Crippen molar-refractivity contribution >= 4 is 0 Å². The predicted molar refractivity (Wildman–Crippen MR) is 73.2 cm³/mol. The summed E-state index contributed by atoms with van der Waals surface area (Å²) in [6.07, 6.45) is 5.88. The van der Waals surface area contributed by atoms with E-state index in [0.717, 1.165) is 12.3 Å². The molecule has 0 saturated heterocycles. The average molecular weight is 237 g/mol. The largest absolute Gasteiger partial charge is 0.302 e. The van der Waals surface area contributed by atoms with E-state index in [0.29, 0.717) is 0 Å². The van der Waals surface area contributed by atoms with Gasteiger partial charge in [0.05, 0.1) is 6.04 Å². The lowest BCUT2D eigenvalue weighted by molar-refractivity contribution is 0.0389. The van der Waals surface area contributed by atoms with Crippen molar-refractivity contribution in [2.24, 2.45) is 11.8 Å². The smallest absolute Gasteiger partial charge is 0.0503 e. The third-order valence-corrected chi connectivity index (χ3v) is 4.23. The van der Waals surface area contributed by atoms with Crippen LogP contribution in [-0.4, -0.2) is 30.6 Å². The van der Waals surface area contributed by atoms with Gasteiger partial charge in [-0.15, -0.1) is 11.8 Å². The second-order valence-electron chi connectivity index (χ2n) is 5.55. The van der Waals surface area contributed by atoms with E-state index in [1.54, 1.807) is 0 Å². The van der Waals surface area contributed by atoms with Crippen LogP contribution in [0, 0.1) is 17.8 Å². The van der Waals surface area contributed by atoms with Crippen LogP contribution < -0.4 is 11.3 Å². The summed E-state index contributed by atoms with van der Waals surface area (Å²) in [4.78, 5) is 2.35. The average Bonchev–Trinajstić information content (AvgIpc) is 2.29.